The van der Waals surface area contributed by atoms with Crippen LogP contribution in [0.15, 0.2) is 18.2 Å². The summed E-state index contributed by atoms with van der Waals surface area (Å²) in [4.78, 5) is 4.29. The average molecular weight is 353 g/mol. The minimum absolute atomic E-state index is 0.639. The number of benzene rings is 1. The van der Waals surface area contributed by atoms with Crippen molar-refractivity contribution in [1.29, 1.82) is 0 Å². The molecular formula is C9H6ClIN2OS. The van der Waals surface area contributed by atoms with E-state index in [-0.39, 0.29) is 0 Å². The number of nitrogens with zero attached hydrogens (tertiary/aromatic N) is 2. The van der Waals surface area contributed by atoms with E-state index in [0.29, 0.717) is 16.6 Å². The molecule has 0 bridgehead atoms. The predicted octanol–water partition coefficient (Wildman–Crippen LogP) is 3.47. The van der Waals surface area contributed by atoms with Crippen LogP contribution in [0.1, 0.15) is 0 Å². The molecule has 2 rings (SSSR count). The summed E-state index contributed by atoms with van der Waals surface area (Å²) in [6.07, 6.45) is 0. The zero-order chi connectivity index (χ0) is 10.8. The minimum Gasteiger partial charge on any atom is -0.496 e. The fraction of sp³-hybridized carbons (Fsp3) is 0.111. The molecule has 0 saturated carbocycles. The minimum atomic E-state index is 0.639. The lowest BCUT2D eigenvalue weighted by atomic mass is 10.2. The van der Waals surface area contributed by atoms with Gasteiger partial charge in [-0.15, -0.1) is 0 Å². The Morgan fingerprint density at radius 2 is 2.27 bits per heavy atom. The summed E-state index contributed by atoms with van der Waals surface area (Å²) in [6.45, 7) is 0. The van der Waals surface area contributed by atoms with E-state index in [1.165, 1.54) is 11.5 Å². The molecule has 78 valence electrons. The van der Waals surface area contributed by atoms with Crippen LogP contribution in [0.4, 0.5) is 0 Å². The van der Waals surface area contributed by atoms with Crippen molar-refractivity contribution in [2.45, 2.75) is 0 Å². The Bertz CT molecular complexity index is 489. The van der Waals surface area contributed by atoms with Gasteiger partial charge in [-0.3, -0.25) is 0 Å². The summed E-state index contributed by atoms with van der Waals surface area (Å²) in [6, 6.07) is 5.41. The molecule has 0 N–H and O–H groups in total. The van der Waals surface area contributed by atoms with Crippen molar-refractivity contribution >= 4 is 45.7 Å². The maximum atomic E-state index is 5.87. The number of rotatable bonds is 2. The van der Waals surface area contributed by atoms with Crippen LogP contribution in [0, 0.1) is 3.01 Å². The third-order valence-corrected chi connectivity index (χ3v) is 3.38. The maximum Gasteiger partial charge on any atom is 0.177 e. The monoisotopic (exact) mass is 352 g/mol. The normalized spacial score (nSPS) is 10.3. The Kier molecular flexibility index (Phi) is 3.42. The number of hydrogen-bond donors (Lipinski definition) is 0. The van der Waals surface area contributed by atoms with Crippen molar-refractivity contribution in [1.82, 2.24) is 9.36 Å². The standard InChI is InChI=1S/C9H6ClIN2OS/c1-14-7-4-5(10)2-3-6(7)8-12-9(11)15-13-8/h2-4H,1H3. The number of ether oxygens (including phenoxy) is 1. The summed E-state index contributed by atoms with van der Waals surface area (Å²) >= 11 is 9.36. The second-order valence-electron chi connectivity index (χ2n) is 2.72. The zero-order valence-corrected chi connectivity index (χ0v) is 11.4. The van der Waals surface area contributed by atoms with Crippen molar-refractivity contribution in [2.24, 2.45) is 0 Å². The molecule has 0 aliphatic carbocycles. The fourth-order valence-corrected chi connectivity index (χ4v) is 2.28. The maximum absolute atomic E-state index is 5.87. The summed E-state index contributed by atoms with van der Waals surface area (Å²) in [5, 5.41) is 0.639. The van der Waals surface area contributed by atoms with E-state index in [4.69, 9.17) is 16.3 Å². The van der Waals surface area contributed by atoms with Gasteiger partial charge in [-0.05, 0) is 52.3 Å². The highest BCUT2D eigenvalue weighted by Crippen LogP contribution is 2.31. The molecule has 2 aromatic rings. The van der Waals surface area contributed by atoms with E-state index in [1.54, 1.807) is 19.2 Å². The third-order valence-electron chi connectivity index (χ3n) is 1.81. The lowest BCUT2D eigenvalue weighted by molar-refractivity contribution is 0.416. The predicted molar refractivity (Wildman–Crippen MR) is 69.6 cm³/mol. The quantitative estimate of drug-likeness (QED) is 0.776. The SMILES string of the molecule is COc1cc(Cl)ccc1-c1nsc(I)n1. The molecular weight excluding hydrogens is 347 g/mol. The molecule has 0 atom stereocenters. The van der Waals surface area contributed by atoms with E-state index in [0.717, 1.165) is 8.58 Å². The van der Waals surface area contributed by atoms with Gasteiger partial charge in [0, 0.05) is 5.02 Å². The van der Waals surface area contributed by atoms with Gasteiger partial charge in [0.25, 0.3) is 0 Å². The van der Waals surface area contributed by atoms with Crippen molar-refractivity contribution in [3.05, 3.63) is 26.2 Å². The second-order valence-corrected chi connectivity index (χ2v) is 5.66. The van der Waals surface area contributed by atoms with E-state index in [2.05, 4.69) is 31.9 Å². The highest BCUT2D eigenvalue weighted by atomic mass is 127. The Morgan fingerprint density at radius 1 is 1.47 bits per heavy atom. The van der Waals surface area contributed by atoms with Gasteiger partial charge in [-0.25, -0.2) is 4.98 Å². The smallest absolute Gasteiger partial charge is 0.177 e. The molecule has 0 spiro atoms. The molecule has 0 aliphatic heterocycles. The van der Waals surface area contributed by atoms with Crippen LogP contribution in [0.5, 0.6) is 5.75 Å². The average Bonchev–Trinajstić information content (AvgIpc) is 2.64. The van der Waals surface area contributed by atoms with Crippen LogP contribution in [0.3, 0.4) is 0 Å². The van der Waals surface area contributed by atoms with Gasteiger partial charge in [0.2, 0.25) is 0 Å². The largest absolute Gasteiger partial charge is 0.496 e. The summed E-state index contributed by atoms with van der Waals surface area (Å²) in [5.41, 5.74) is 0.862. The van der Waals surface area contributed by atoms with E-state index in [1.807, 2.05) is 6.07 Å². The van der Waals surface area contributed by atoms with E-state index >= 15 is 0 Å². The highest BCUT2D eigenvalue weighted by Gasteiger charge is 2.11. The van der Waals surface area contributed by atoms with Gasteiger partial charge >= 0.3 is 0 Å². The van der Waals surface area contributed by atoms with E-state index < -0.39 is 0 Å². The van der Waals surface area contributed by atoms with Crippen molar-refractivity contribution in [3.8, 4) is 17.1 Å². The van der Waals surface area contributed by atoms with Crippen LogP contribution in [-0.4, -0.2) is 16.5 Å². The van der Waals surface area contributed by atoms with Crippen LogP contribution in [0.25, 0.3) is 11.4 Å². The topological polar surface area (TPSA) is 35.0 Å². The Balaban J connectivity index is 2.52. The van der Waals surface area contributed by atoms with Gasteiger partial charge in [0.15, 0.2) is 8.84 Å². The summed E-state index contributed by atoms with van der Waals surface area (Å²) < 4.78 is 10.4. The molecule has 15 heavy (non-hydrogen) atoms. The highest BCUT2D eigenvalue weighted by molar-refractivity contribution is 14.1. The third kappa shape index (κ3) is 2.40. The Morgan fingerprint density at radius 3 is 2.87 bits per heavy atom. The molecule has 6 heteroatoms. The Hall–Kier alpha value is -0.400. The molecule has 0 saturated heterocycles. The fourth-order valence-electron chi connectivity index (χ4n) is 1.16. The zero-order valence-electron chi connectivity index (χ0n) is 7.70. The molecule has 1 aromatic carbocycles. The summed E-state index contributed by atoms with van der Waals surface area (Å²) in [5.74, 6) is 1.37. The number of methoxy groups -OCH3 is 1. The molecule has 0 fully saturated rings. The first-order valence-electron chi connectivity index (χ1n) is 4.04. The van der Waals surface area contributed by atoms with Crippen LogP contribution < -0.4 is 4.74 Å². The lowest BCUT2D eigenvalue weighted by Crippen LogP contribution is -1.89. The van der Waals surface area contributed by atoms with Crippen LogP contribution >= 0.6 is 45.7 Å². The first kappa shape index (κ1) is 11.1. The molecule has 0 radical (unpaired) electrons. The Labute approximate surface area is 110 Å². The van der Waals surface area contributed by atoms with Crippen molar-refractivity contribution in [3.63, 3.8) is 0 Å². The molecule has 0 unspecified atom stereocenters. The van der Waals surface area contributed by atoms with Gasteiger partial charge in [-0.2, -0.15) is 4.37 Å². The number of aromatic nitrogens is 2. The van der Waals surface area contributed by atoms with Crippen molar-refractivity contribution < 1.29 is 4.74 Å². The van der Waals surface area contributed by atoms with Crippen LogP contribution in [0.2, 0.25) is 5.02 Å². The summed E-state index contributed by atoms with van der Waals surface area (Å²) in [7, 11) is 1.60. The number of halogens is 2. The van der Waals surface area contributed by atoms with E-state index in [9.17, 15) is 0 Å². The molecule has 3 nitrogen and oxygen atoms in total. The second kappa shape index (κ2) is 4.63. The van der Waals surface area contributed by atoms with Gasteiger partial charge in [0.1, 0.15) is 5.75 Å². The van der Waals surface area contributed by atoms with Crippen LogP contribution in [-0.2, 0) is 0 Å². The van der Waals surface area contributed by atoms with Gasteiger partial charge < -0.3 is 4.74 Å². The number of hydrogen-bond acceptors (Lipinski definition) is 4. The molecule has 0 aliphatic rings. The molecule has 0 amide bonds. The van der Waals surface area contributed by atoms with Gasteiger partial charge in [-0.1, -0.05) is 11.6 Å². The molecule has 1 heterocycles. The lowest BCUT2D eigenvalue weighted by Gasteiger charge is -2.05. The molecule has 1 aromatic heterocycles. The first-order valence-corrected chi connectivity index (χ1v) is 6.27. The van der Waals surface area contributed by atoms with Gasteiger partial charge in [0.05, 0.1) is 12.7 Å². The first-order chi connectivity index (χ1) is 7.20. The van der Waals surface area contributed by atoms with Crippen molar-refractivity contribution in [2.75, 3.05) is 7.11 Å².